The molecule has 1 unspecified atom stereocenters. The van der Waals surface area contributed by atoms with Crippen LogP contribution in [0.1, 0.15) is 37.2 Å². The molecule has 1 heterocycles. The number of nitrogens with one attached hydrogen (secondary N) is 2. The fraction of sp³-hybridized carbons (Fsp3) is 0.533. The third kappa shape index (κ3) is 6.43. The number of carbonyl (C=O) groups excluding carboxylic acids is 2. The van der Waals surface area contributed by atoms with E-state index in [-0.39, 0.29) is 43.0 Å². The number of carbonyl (C=O) groups is 3. The lowest BCUT2D eigenvalue weighted by atomic mass is 9.97. The number of rotatable bonds is 9. The van der Waals surface area contributed by atoms with E-state index in [9.17, 15) is 14.4 Å². The van der Waals surface area contributed by atoms with Gasteiger partial charge in [-0.1, -0.05) is 13.8 Å². The van der Waals surface area contributed by atoms with Crippen molar-refractivity contribution in [3.63, 3.8) is 0 Å². The number of hydrogen-bond donors (Lipinski definition) is 3. The molecule has 1 aromatic heterocycles. The van der Waals surface area contributed by atoms with Crippen molar-refractivity contribution in [3.8, 4) is 0 Å². The number of aliphatic carboxylic acids is 1. The molecule has 1 rings (SSSR count). The van der Waals surface area contributed by atoms with Gasteiger partial charge >= 0.3 is 5.97 Å². The van der Waals surface area contributed by atoms with Crippen molar-refractivity contribution in [2.75, 3.05) is 13.1 Å². The smallest absolute Gasteiger partial charge is 0.308 e. The summed E-state index contributed by atoms with van der Waals surface area (Å²) in [6.07, 6.45) is 1.98. The maximum absolute atomic E-state index is 11.6. The lowest BCUT2D eigenvalue weighted by molar-refractivity contribution is -0.142. The predicted octanol–water partition coefficient (Wildman–Crippen LogP) is 1.26. The zero-order valence-electron chi connectivity index (χ0n) is 12.8. The largest absolute Gasteiger partial charge is 0.481 e. The summed E-state index contributed by atoms with van der Waals surface area (Å²) in [4.78, 5) is 34.3. The van der Waals surface area contributed by atoms with Gasteiger partial charge in [-0.3, -0.25) is 14.4 Å². The van der Waals surface area contributed by atoms with E-state index < -0.39 is 11.9 Å². The first kappa shape index (κ1) is 17.7. The van der Waals surface area contributed by atoms with Crippen LogP contribution in [0.5, 0.6) is 0 Å². The fourth-order valence-electron chi connectivity index (χ4n) is 1.95. The SMILES string of the molecule is CC(C)CC(CNC(=O)CCNC(=O)c1ccco1)C(=O)O. The molecule has 0 aromatic carbocycles. The van der Waals surface area contributed by atoms with Crippen LogP contribution in [0.4, 0.5) is 0 Å². The molecule has 0 saturated carbocycles. The highest BCUT2D eigenvalue weighted by Gasteiger charge is 2.19. The number of furan rings is 1. The monoisotopic (exact) mass is 310 g/mol. The molecule has 3 N–H and O–H groups in total. The molecule has 122 valence electrons. The third-order valence-corrected chi connectivity index (χ3v) is 3.03. The average Bonchev–Trinajstić information content (AvgIpc) is 2.96. The van der Waals surface area contributed by atoms with Gasteiger partial charge in [-0.2, -0.15) is 0 Å². The van der Waals surface area contributed by atoms with Crippen LogP contribution in [-0.4, -0.2) is 36.0 Å². The standard InChI is InChI=1S/C15H22N2O5/c1-10(2)8-11(15(20)21)9-17-13(18)5-6-16-14(19)12-4-3-7-22-12/h3-4,7,10-11H,5-6,8-9H2,1-2H3,(H,16,19)(H,17,18)(H,20,21). The quantitative estimate of drug-likeness (QED) is 0.636. The summed E-state index contributed by atoms with van der Waals surface area (Å²) in [5.41, 5.74) is 0. The van der Waals surface area contributed by atoms with Crippen LogP contribution in [0.25, 0.3) is 0 Å². The minimum absolute atomic E-state index is 0.0838. The molecule has 0 spiro atoms. The van der Waals surface area contributed by atoms with Crippen LogP contribution in [-0.2, 0) is 9.59 Å². The molecule has 7 nitrogen and oxygen atoms in total. The van der Waals surface area contributed by atoms with E-state index >= 15 is 0 Å². The highest BCUT2D eigenvalue weighted by Crippen LogP contribution is 2.11. The van der Waals surface area contributed by atoms with Crippen LogP contribution in [0, 0.1) is 11.8 Å². The van der Waals surface area contributed by atoms with Crippen molar-refractivity contribution in [3.05, 3.63) is 24.2 Å². The minimum Gasteiger partial charge on any atom is -0.481 e. The zero-order valence-corrected chi connectivity index (χ0v) is 12.8. The Hall–Kier alpha value is -2.31. The minimum atomic E-state index is -0.917. The van der Waals surface area contributed by atoms with Gasteiger partial charge in [0, 0.05) is 19.5 Å². The van der Waals surface area contributed by atoms with Gasteiger partial charge in [0.2, 0.25) is 5.91 Å². The van der Waals surface area contributed by atoms with Crippen LogP contribution in [0.3, 0.4) is 0 Å². The maximum atomic E-state index is 11.6. The van der Waals surface area contributed by atoms with Crippen LogP contribution >= 0.6 is 0 Å². The lowest BCUT2D eigenvalue weighted by Gasteiger charge is -2.15. The molecular weight excluding hydrogens is 288 g/mol. The van der Waals surface area contributed by atoms with Gasteiger partial charge in [-0.15, -0.1) is 0 Å². The second kappa shape index (κ2) is 8.86. The van der Waals surface area contributed by atoms with E-state index in [2.05, 4.69) is 10.6 Å². The molecule has 2 amide bonds. The summed E-state index contributed by atoms with van der Waals surface area (Å²) in [6.45, 7) is 4.12. The number of amides is 2. The summed E-state index contributed by atoms with van der Waals surface area (Å²) in [6, 6.07) is 3.13. The molecule has 1 aromatic rings. The Balaban J connectivity index is 2.25. The van der Waals surface area contributed by atoms with Gasteiger partial charge in [0.05, 0.1) is 12.2 Å². The second-order valence-electron chi connectivity index (χ2n) is 5.45. The molecule has 0 aliphatic heterocycles. The van der Waals surface area contributed by atoms with Crippen LogP contribution < -0.4 is 10.6 Å². The van der Waals surface area contributed by atoms with E-state index in [1.165, 1.54) is 12.3 Å². The van der Waals surface area contributed by atoms with Crippen molar-refractivity contribution in [2.24, 2.45) is 11.8 Å². The molecular formula is C15H22N2O5. The van der Waals surface area contributed by atoms with E-state index in [0.717, 1.165) is 0 Å². The highest BCUT2D eigenvalue weighted by atomic mass is 16.4. The van der Waals surface area contributed by atoms with Crippen LogP contribution in [0.2, 0.25) is 0 Å². The summed E-state index contributed by atoms with van der Waals surface area (Å²) in [5.74, 6) is -1.77. The Morgan fingerprint density at radius 1 is 1.27 bits per heavy atom. The Kier molecular flexibility index (Phi) is 7.15. The zero-order chi connectivity index (χ0) is 16.5. The molecule has 0 radical (unpaired) electrons. The van der Waals surface area contributed by atoms with Gasteiger partial charge in [-0.05, 0) is 24.5 Å². The topological polar surface area (TPSA) is 109 Å². The highest BCUT2D eigenvalue weighted by molar-refractivity contribution is 5.91. The van der Waals surface area contributed by atoms with Crippen molar-refractivity contribution in [2.45, 2.75) is 26.7 Å². The number of hydrogen-bond acceptors (Lipinski definition) is 4. The molecule has 0 aliphatic rings. The molecule has 0 saturated heterocycles. The van der Waals surface area contributed by atoms with Gasteiger partial charge in [-0.25, -0.2) is 0 Å². The van der Waals surface area contributed by atoms with E-state index in [4.69, 9.17) is 9.52 Å². The van der Waals surface area contributed by atoms with Crippen molar-refractivity contribution in [1.82, 2.24) is 10.6 Å². The Morgan fingerprint density at radius 3 is 2.55 bits per heavy atom. The molecule has 0 aliphatic carbocycles. The Labute approximate surface area is 129 Å². The first-order valence-corrected chi connectivity index (χ1v) is 7.21. The average molecular weight is 310 g/mol. The van der Waals surface area contributed by atoms with Crippen molar-refractivity contribution < 1.29 is 23.9 Å². The molecule has 7 heteroatoms. The van der Waals surface area contributed by atoms with Crippen LogP contribution in [0.15, 0.2) is 22.8 Å². The molecule has 0 bridgehead atoms. The number of carboxylic acid groups (broad SMARTS) is 1. The normalized spacial score (nSPS) is 12.0. The van der Waals surface area contributed by atoms with Gasteiger partial charge in [0.25, 0.3) is 5.91 Å². The first-order chi connectivity index (χ1) is 10.4. The fourth-order valence-corrected chi connectivity index (χ4v) is 1.95. The summed E-state index contributed by atoms with van der Waals surface area (Å²) in [7, 11) is 0. The summed E-state index contributed by atoms with van der Waals surface area (Å²) in [5, 5.41) is 14.2. The maximum Gasteiger partial charge on any atom is 0.308 e. The second-order valence-corrected chi connectivity index (χ2v) is 5.45. The first-order valence-electron chi connectivity index (χ1n) is 7.21. The van der Waals surface area contributed by atoms with E-state index in [0.29, 0.717) is 6.42 Å². The summed E-state index contributed by atoms with van der Waals surface area (Å²) < 4.78 is 4.92. The van der Waals surface area contributed by atoms with Gasteiger partial charge < -0.3 is 20.2 Å². The molecule has 0 fully saturated rings. The lowest BCUT2D eigenvalue weighted by Crippen LogP contribution is -2.35. The van der Waals surface area contributed by atoms with E-state index in [1.807, 2.05) is 13.8 Å². The van der Waals surface area contributed by atoms with Gasteiger partial charge in [0.1, 0.15) is 0 Å². The molecule has 22 heavy (non-hydrogen) atoms. The Morgan fingerprint density at radius 2 is 2.00 bits per heavy atom. The molecule has 1 atom stereocenters. The third-order valence-electron chi connectivity index (χ3n) is 3.03. The van der Waals surface area contributed by atoms with Gasteiger partial charge in [0.15, 0.2) is 5.76 Å². The predicted molar refractivity (Wildman–Crippen MR) is 79.2 cm³/mol. The summed E-state index contributed by atoms with van der Waals surface area (Å²) >= 11 is 0. The van der Waals surface area contributed by atoms with E-state index in [1.54, 1.807) is 6.07 Å². The number of carboxylic acids is 1. The van der Waals surface area contributed by atoms with Crippen molar-refractivity contribution in [1.29, 1.82) is 0 Å². The van der Waals surface area contributed by atoms with Crippen molar-refractivity contribution >= 4 is 17.8 Å². The Bertz CT molecular complexity index is 496.